The van der Waals surface area contributed by atoms with Gasteiger partial charge in [-0.3, -0.25) is 14.6 Å². The van der Waals surface area contributed by atoms with E-state index in [9.17, 15) is 10.1 Å². The summed E-state index contributed by atoms with van der Waals surface area (Å²) in [6.07, 6.45) is 5.50. The SMILES string of the molecule is N#Cc1c(NC(=O)CN2CCN(Cc3ccccc3Cl)CC2)sc2c1CCCCC2. The molecule has 2 aliphatic rings. The molecule has 158 valence electrons. The third kappa shape index (κ3) is 5.04. The Kier molecular flexibility index (Phi) is 7.06. The summed E-state index contributed by atoms with van der Waals surface area (Å²) in [6.45, 7) is 4.73. The van der Waals surface area contributed by atoms with Gasteiger partial charge in [-0.05, 0) is 42.9 Å². The number of fused-ring (bicyclic) bond motifs is 1. The van der Waals surface area contributed by atoms with Crippen molar-refractivity contribution in [1.82, 2.24) is 9.80 Å². The lowest BCUT2D eigenvalue weighted by atomic mass is 10.1. The van der Waals surface area contributed by atoms with Gasteiger partial charge in [-0.1, -0.05) is 36.2 Å². The Bertz CT molecular complexity index is 943. The Hall–Kier alpha value is -1.91. The van der Waals surface area contributed by atoms with E-state index < -0.39 is 0 Å². The lowest BCUT2D eigenvalue weighted by molar-refractivity contribution is -0.117. The molecule has 1 N–H and O–H groups in total. The highest BCUT2D eigenvalue weighted by atomic mass is 35.5. The number of benzene rings is 1. The largest absolute Gasteiger partial charge is 0.315 e. The number of hydrogen-bond acceptors (Lipinski definition) is 5. The van der Waals surface area contributed by atoms with Crippen molar-refractivity contribution in [2.75, 3.05) is 38.0 Å². The number of amides is 1. The molecule has 1 amide bonds. The van der Waals surface area contributed by atoms with E-state index in [1.54, 1.807) is 11.3 Å². The zero-order valence-corrected chi connectivity index (χ0v) is 18.7. The number of hydrogen-bond donors (Lipinski definition) is 1. The van der Waals surface area contributed by atoms with Crippen molar-refractivity contribution in [3.63, 3.8) is 0 Å². The molecule has 1 aliphatic heterocycles. The lowest BCUT2D eigenvalue weighted by Crippen LogP contribution is -2.48. The van der Waals surface area contributed by atoms with Crippen molar-refractivity contribution in [3.05, 3.63) is 50.9 Å². The van der Waals surface area contributed by atoms with Crippen LogP contribution in [0.3, 0.4) is 0 Å². The molecule has 2 aromatic rings. The summed E-state index contributed by atoms with van der Waals surface area (Å²) in [5.41, 5.74) is 3.00. The fraction of sp³-hybridized carbons (Fsp3) is 0.478. The molecule has 0 atom stereocenters. The Labute approximate surface area is 187 Å². The van der Waals surface area contributed by atoms with Crippen LogP contribution in [0.5, 0.6) is 0 Å². The van der Waals surface area contributed by atoms with Crippen molar-refractivity contribution in [2.24, 2.45) is 0 Å². The molecule has 30 heavy (non-hydrogen) atoms. The molecule has 1 aliphatic carbocycles. The van der Waals surface area contributed by atoms with Crippen molar-refractivity contribution in [2.45, 2.75) is 38.6 Å². The standard InChI is InChI=1S/C23H27ClN4OS/c24-20-8-5-4-6-17(20)15-27-10-12-28(13-11-27)16-22(29)26-23-19(14-25)18-7-2-1-3-9-21(18)30-23/h4-6,8H,1-3,7,9-13,15-16H2,(H,26,29). The van der Waals surface area contributed by atoms with Gasteiger partial charge in [-0.2, -0.15) is 5.26 Å². The predicted molar refractivity (Wildman–Crippen MR) is 122 cm³/mol. The molecular formula is C23H27ClN4OS. The van der Waals surface area contributed by atoms with E-state index in [1.807, 2.05) is 18.2 Å². The molecule has 0 unspecified atom stereocenters. The van der Waals surface area contributed by atoms with Gasteiger partial charge in [-0.25, -0.2) is 0 Å². The first-order valence-electron chi connectivity index (χ1n) is 10.7. The van der Waals surface area contributed by atoms with Gasteiger partial charge in [0, 0.05) is 42.6 Å². The molecule has 0 radical (unpaired) electrons. The molecule has 2 heterocycles. The second kappa shape index (κ2) is 9.93. The number of thiophene rings is 1. The van der Waals surface area contributed by atoms with Crippen molar-refractivity contribution in [3.8, 4) is 6.07 Å². The van der Waals surface area contributed by atoms with Crippen LogP contribution < -0.4 is 5.32 Å². The Morgan fingerprint density at radius 3 is 2.60 bits per heavy atom. The number of anilines is 1. The van der Waals surface area contributed by atoms with E-state index in [2.05, 4.69) is 27.3 Å². The molecule has 1 aromatic carbocycles. The van der Waals surface area contributed by atoms with Gasteiger partial charge >= 0.3 is 0 Å². The third-order valence-electron chi connectivity index (χ3n) is 5.97. The quantitative estimate of drug-likeness (QED) is 0.701. The van der Waals surface area contributed by atoms with Crippen LogP contribution in [-0.2, 0) is 24.2 Å². The summed E-state index contributed by atoms with van der Waals surface area (Å²) < 4.78 is 0. The third-order valence-corrected chi connectivity index (χ3v) is 7.55. The average molecular weight is 443 g/mol. The predicted octanol–water partition coefficient (Wildman–Crippen LogP) is 4.30. The lowest BCUT2D eigenvalue weighted by Gasteiger charge is -2.34. The highest BCUT2D eigenvalue weighted by Gasteiger charge is 2.23. The van der Waals surface area contributed by atoms with Crippen molar-refractivity contribution in [1.29, 1.82) is 5.26 Å². The molecule has 0 saturated carbocycles. The summed E-state index contributed by atoms with van der Waals surface area (Å²) in [5, 5.41) is 14.2. The molecular weight excluding hydrogens is 416 g/mol. The minimum atomic E-state index is -0.0255. The summed E-state index contributed by atoms with van der Waals surface area (Å²) in [6, 6.07) is 10.3. The second-order valence-corrected chi connectivity index (χ2v) is 9.58. The van der Waals surface area contributed by atoms with E-state index in [1.165, 1.54) is 23.3 Å². The number of nitriles is 1. The van der Waals surface area contributed by atoms with Crippen LogP contribution in [0, 0.1) is 11.3 Å². The van der Waals surface area contributed by atoms with Crippen LogP contribution in [0.4, 0.5) is 5.00 Å². The van der Waals surface area contributed by atoms with Crippen LogP contribution >= 0.6 is 22.9 Å². The van der Waals surface area contributed by atoms with Crippen LogP contribution in [0.15, 0.2) is 24.3 Å². The summed E-state index contributed by atoms with van der Waals surface area (Å²) in [4.78, 5) is 18.5. The number of rotatable bonds is 5. The molecule has 7 heteroatoms. The zero-order chi connectivity index (χ0) is 20.9. The monoisotopic (exact) mass is 442 g/mol. The minimum absolute atomic E-state index is 0.0255. The first kappa shape index (κ1) is 21.3. The fourth-order valence-corrected chi connectivity index (χ4v) is 5.74. The molecule has 1 fully saturated rings. The molecule has 0 bridgehead atoms. The molecule has 1 saturated heterocycles. The van der Waals surface area contributed by atoms with Gasteiger partial charge in [0.1, 0.15) is 11.1 Å². The Morgan fingerprint density at radius 2 is 1.83 bits per heavy atom. The number of nitrogens with zero attached hydrogens (tertiary/aromatic N) is 3. The number of piperazine rings is 1. The maximum atomic E-state index is 12.7. The Morgan fingerprint density at radius 1 is 1.10 bits per heavy atom. The van der Waals surface area contributed by atoms with E-state index in [0.717, 1.165) is 67.6 Å². The van der Waals surface area contributed by atoms with E-state index in [4.69, 9.17) is 11.6 Å². The van der Waals surface area contributed by atoms with Crippen LogP contribution in [0.1, 0.15) is 40.8 Å². The van der Waals surface area contributed by atoms with Gasteiger partial charge < -0.3 is 5.32 Å². The highest BCUT2D eigenvalue weighted by molar-refractivity contribution is 7.16. The molecule has 1 aromatic heterocycles. The summed E-state index contributed by atoms with van der Waals surface area (Å²) in [7, 11) is 0. The van der Waals surface area contributed by atoms with Crippen LogP contribution in [0.25, 0.3) is 0 Å². The first-order chi connectivity index (χ1) is 14.6. The number of nitrogens with one attached hydrogen (secondary N) is 1. The van der Waals surface area contributed by atoms with Gasteiger partial charge in [0.2, 0.25) is 5.91 Å². The summed E-state index contributed by atoms with van der Waals surface area (Å²) in [5.74, 6) is -0.0255. The summed E-state index contributed by atoms with van der Waals surface area (Å²) >= 11 is 7.88. The molecule has 5 nitrogen and oxygen atoms in total. The first-order valence-corrected chi connectivity index (χ1v) is 11.9. The average Bonchev–Trinajstić information content (AvgIpc) is 2.90. The molecule has 4 rings (SSSR count). The van der Waals surface area contributed by atoms with Gasteiger partial charge in [0.05, 0.1) is 12.1 Å². The number of aryl methyl sites for hydroxylation is 1. The number of carbonyl (C=O) groups excluding carboxylic acids is 1. The van der Waals surface area contributed by atoms with Crippen molar-refractivity contribution >= 4 is 33.8 Å². The van der Waals surface area contributed by atoms with Crippen molar-refractivity contribution < 1.29 is 4.79 Å². The normalized spacial score (nSPS) is 17.7. The number of carbonyl (C=O) groups is 1. The maximum absolute atomic E-state index is 12.7. The van der Waals surface area contributed by atoms with Gasteiger partial charge in [0.15, 0.2) is 0 Å². The zero-order valence-electron chi connectivity index (χ0n) is 17.1. The van der Waals surface area contributed by atoms with E-state index in [-0.39, 0.29) is 5.91 Å². The minimum Gasteiger partial charge on any atom is -0.315 e. The maximum Gasteiger partial charge on any atom is 0.239 e. The highest BCUT2D eigenvalue weighted by Crippen LogP contribution is 2.36. The van der Waals surface area contributed by atoms with E-state index >= 15 is 0 Å². The fourth-order valence-electron chi connectivity index (χ4n) is 4.29. The number of halogens is 1. The van der Waals surface area contributed by atoms with Gasteiger partial charge in [-0.15, -0.1) is 11.3 Å². The van der Waals surface area contributed by atoms with Gasteiger partial charge in [0.25, 0.3) is 0 Å². The second-order valence-electron chi connectivity index (χ2n) is 8.07. The Balaban J connectivity index is 1.30. The van der Waals surface area contributed by atoms with Crippen LogP contribution in [-0.4, -0.2) is 48.4 Å². The van der Waals surface area contributed by atoms with Crippen LogP contribution in [0.2, 0.25) is 5.02 Å². The topological polar surface area (TPSA) is 59.4 Å². The van der Waals surface area contributed by atoms with E-state index in [0.29, 0.717) is 12.1 Å². The smallest absolute Gasteiger partial charge is 0.239 e. The molecule has 0 spiro atoms.